The van der Waals surface area contributed by atoms with Gasteiger partial charge in [0.15, 0.2) is 0 Å². The minimum atomic E-state index is -0.814. The molecule has 0 rings (SSSR count). The van der Waals surface area contributed by atoms with Gasteiger partial charge in [0.2, 0.25) is 5.91 Å². The second-order valence-electron chi connectivity index (χ2n) is 6.80. The van der Waals surface area contributed by atoms with Gasteiger partial charge in [-0.25, -0.2) is 4.79 Å². The summed E-state index contributed by atoms with van der Waals surface area (Å²) in [5.74, 6) is 1.52. The number of halogens is 1. The fourth-order valence-electron chi connectivity index (χ4n) is 2.19. The molecule has 3 N–H and O–H groups in total. The van der Waals surface area contributed by atoms with E-state index in [4.69, 9.17) is 5.73 Å². The van der Waals surface area contributed by atoms with Crippen LogP contribution in [0.1, 0.15) is 92.9 Å². The molecule has 0 saturated heterocycles. The molecule has 2 atom stereocenters. The number of rotatable bonds is 10. The smallest absolute Gasteiger partial charge is 0.318 e. The van der Waals surface area contributed by atoms with Crippen LogP contribution in [-0.2, 0) is 4.79 Å². The first-order valence-corrected chi connectivity index (χ1v) is 10.3. The van der Waals surface area contributed by atoms with Crippen LogP contribution in [0.25, 0.3) is 0 Å². The average molecular weight is 407 g/mol. The first-order valence-electron chi connectivity index (χ1n) is 9.46. The average Bonchev–Trinajstić information content (AvgIpc) is 2.57. The Kier molecular flexibility index (Phi) is 15.8. The van der Waals surface area contributed by atoms with Crippen molar-refractivity contribution in [1.29, 1.82) is 0 Å². The van der Waals surface area contributed by atoms with Crippen LogP contribution in [0, 0.1) is 11.8 Å². The van der Waals surface area contributed by atoms with Crippen molar-refractivity contribution in [3.63, 3.8) is 0 Å². The van der Waals surface area contributed by atoms with Crippen LogP contribution in [0.3, 0.4) is 0 Å². The molecule has 0 radical (unpaired) electrons. The Labute approximate surface area is 157 Å². The lowest BCUT2D eigenvalue weighted by molar-refractivity contribution is -0.122. The standard InChI is InChI=1S/C12H26.C7H13BrN2O2/c1-5-11(3)9-7-8-10-12(4)6-2;1-3-7(8,4-2)5(11)10-6(9)12/h11-12H,5-10H2,1-4H3;3-4H2,1-2H3,(H3,9,10,11,12). The van der Waals surface area contributed by atoms with Gasteiger partial charge in [-0.1, -0.05) is 96.0 Å². The molecule has 0 heterocycles. The third kappa shape index (κ3) is 12.8. The van der Waals surface area contributed by atoms with Crippen molar-refractivity contribution in [3.05, 3.63) is 0 Å². The highest BCUT2D eigenvalue weighted by Gasteiger charge is 2.32. The SMILES string of the molecule is CCC(Br)(CC)C(=O)NC(N)=O.CCC(C)CCCCC(C)CC. The molecule has 0 aliphatic rings. The maximum atomic E-state index is 11.3. The lowest BCUT2D eigenvalue weighted by Crippen LogP contribution is -2.46. The number of hydrogen-bond donors (Lipinski definition) is 2. The zero-order valence-electron chi connectivity index (χ0n) is 16.6. The third-order valence-electron chi connectivity index (χ3n) is 4.80. The second-order valence-corrected chi connectivity index (χ2v) is 8.32. The van der Waals surface area contributed by atoms with Gasteiger partial charge in [0.25, 0.3) is 0 Å². The number of imide groups is 1. The van der Waals surface area contributed by atoms with Crippen LogP contribution in [0.5, 0.6) is 0 Å². The molecule has 0 aromatic rings. The molecule has 0 aromatic heterocycles. The summed E-state index contributed by atoms with van der Waals surface area (Å²) < 4.78 is -0.665. The number of alkyl halides is 1. The van der Waals surface area contributed by atoms with Crippen LogP contribution in [0.2, 0.25) is 0 Å². The van der Waals surface area contributed by atoms with Gasteiger partial charge < -0.3 is 5.73 Å². The molecule has 0 aromatic carbocycles. The van der Waals surface area contributed by atoms with Crippen molar-refractivity contribution in [3.8, 4) is 0 Å². The van der Waals surface area contributed by atoms with Crippen molar-refractivity contribution < 1.29 is 9.59 Å². The van der Waals surface area contributed by atoms with Gasteiger partial charge >= 0.3 is 6.03 Å². The number of urea groups is 1. The molecule has 144 valence electrons. The van der Waals surface area contributed by atoms with Gasteiger partial charge in [0, 0.05) is 0 Å². The maximum absolute atomic E-state index is 11.3. The Morgan fingerprint density at radius 1 is 0.958 bits per heavy atom. The Bertz CT molecular complexity index is 332. The lowest BCUT2D eigenvalue weighted by atomic mass is 9.97. The molecule has 4 nitrogen and oxygen atoms in total. The minimum absolute atomic E-state index is 0.375. The van der Waals surface area contributed by atoms with Gasteiger partial charge in [0.05, 0.1) is 0 Å². The van der Waals surface area contributed by atoms with Gasteiger partial charge in [-0.05, 0) is 24.7 Å². The number of amides is 3. The monoisotopic (exact) mass is 406 g/mol. The summed E-state index contributed by atoms with van der Waals surface area (Å²) >= 11 is 3.26. The number of nitrogens with one attached hydrogen (secondary N) is 1. The van der Waals surface area contributed by atoms with E-state index in [0.717, 1.165) is 11.8 Å². The fourth-order valence-corrected chi connectivity index (χ4v) is 2.29. The fraction of sp³-hybridized carbons (Fsp3) is 0.895. The number of hydrogen-bond acceptors (Lipinski definition) is 2. The molecule has 0 aliphatic heterocycles. The van der Waals surface area contributed by atoms with E-state index in [1.165, 1.54) is 38.5 Å². The lowest BCUT2D eigenvalue weighted by Gasteiger charge is -2.21. The molecular formula is C19H39BrN2O2. The summed E-state index contributed by atoms with van der Waals surface area (Å²) in [7, 11) is 0. The molecular weight excluding hydrogens is 368 g/mol. The number of primary amides is 1. The van der Waals surface area contributed by atoms with Crippen molar-refractivity contribution in [1.82, 2.24) is 5.32 Å². The zero-order chi connectivity index (χ0) is 19.2. The van der Waals surface area contributed by atoms with Crippen molar-refractivity contribution in [2.75, 3.05) is 0 Å². The zero-order valence-corrected chi connectivity index (χ0v) is 18.2. The normalized spacial score (nSPS) is 13.5. The highest BCUT2D eigenvalue weighted by molar-refractivity contribution is 9.10. The van der Waals surface area contributed by atoms with Crippen LogP contribution in [-0.4, -0.2) is 16.3 Å². The van der Waals surface area contributed by atoms with E-state index in [2.05, 4.69) is 43.6 Å². The number of unbranched alkanes of at least 4 members (excludes halogenated alkanes) is 1. The van der Waals surface area contributed by atoms with Gasteiger partial charge in [-0.15, -0.1) is 0 Å². The van der Waals surface area contributed by atoms with Crippen molar-refractivity contribution >= 4 is 27.9 Å². The molecule has 0 bridgehead atoms. The molecule has 0 fully saturated rings. The molecule has 5 heteroatoms. The van der Waals surface area contributed by atoms with E-state index >= 15 is 0 Å². The quantitative estimate of drug-likeness (QED) is 0.356. The van der Waals surface area contributed by atoms with E-state index in [1.54, 1.807) is 0 Å². The molecule has 2 unspecified atom stereocenters. The Hall–Kier alpha value is -0.580. The Morgan fingerprint density at radius 2 is 1.33 bits per heavy atom. The van der Waals surface area contributed by atoms with Gasteiger partial charge in [-0.3, -0.25) is 10.1 Å². The van der Waals surface area contributed by atoms with E-state index in [9.17, 15) is 9.59 Å². The molecule has 0 spiro atoms. The minimum Gasteiger partial charge on any atom is -0.351 e. The van der Waals surface area contributed by atoms with Crippen molar-refractivity contribution in [2.24, 2.45) is 17.6 Å². The summed E-state index contributed by atoms with van der Waals surface area (Å²) in [5, 5.41) is 2.04. The highest BCUT2D eigenvalue weighted by Crippen LogP contribution is 2.26. The second kappa shape index (κ2) is 14.7. The Balaban J connectivity index is 0. The van der Waals surface area contributed by atoms with Crippen LogP contribution >= 0.6 is 15.9 Å². The predicted octanol–water partition coefficient (Wildman–Crippen LogP) is 5.77. The summed E-state index contributed by atoms with van der Waals surface area (Å²) in [4.78, 5) is 21.6. The number of nitrogens with two attached hydrogens (primary N) is 1. The predicted molar refractivity (Wildman–Crippen MR) is 107 cm³/mol. The number of carbonyl (C=O) groups excluding carboxylic acids is 2. The molecule has 0 aliphatic carbocycles. The molecule has 0 saturated carbocycles. The van der Waals surface area contributed by atoms with Crippen LogP contribution < -0.4 is 11.1 Å². The topological polar surface area (TPSA) is 72.2 Å². The largest absolute Gasteiger partial charge is 0.351 e. The van der Waals surface area contributed by atoms with Crippen LogP contribution in [0.4, 0.5) is 4.79 Å². The summed E-state index contributed by atoms with van der Waals surface area (Å²) in [6.07, 6.45) is 9.69. The molecule has 24 heavy (non-hydrogen) atoms. The number of carbonyl (C=O) groups is 2. The highest BCUT2D eigenvalue weighted by atomic mass is 79.9. The van der Waals surface area contributed by atoms with E-state index in [1.807, 2.05) is 19.2 Å². The van der Waals surface area contributed by atoms with Crippen LogP contribution in [0.15, 0.2) is 0 Å². The van der Waals surface area contributed by atoms with E-state index in [-0.39, 0.29) is 5.91 Å². The van der Waals surface area contributed by atoms with E-state index in [0.29, 0.717) is 12.8 Å². The summed E-state index contributed by atoms with van der Waals surface area (Å²) in [6.45, 7) is 13.0. The summed E-state index contributed by atoms with van der Waals surface area (Å²) in [6, 6.07) is -0.814. The van der Waals surface area contributed by atoms with Crippen molar-refractivity contribution in [2.45, 2.75) is 97.2 Å². The van der Waals surface area contributed by atoms with Gasteiger partial charge in [0.1, 0.15) is 4.32 Å². The first kappa shape index (κ1) is 25.7. The summed E-state index contributed by atoms with van der Waals surface area (Å²) in [5.41, 5.74) is 4.81. The Morgan fingerprint density at radius 3 is 1.58 bits per heavy atom. The third-order valence-corrected chi connectivity index (χ3v) is 6.28. The first-order chi connectivity index (χ1) is 11.2. The van der Waals surface area contributed by atoms with Gasteiger partial charge in [-0.2, -0.15) is 0 Å². The maximum Gasteiger partial charge on any atom is 0.318 e. The van der Waals surface area contributed by atoms with E-state index < -0.39 is 10.4 Å². The molecule has 3 amide bonds.